The van der Waals surface area contributed by atoms with Crippen LogP contribution in [0.15, 0.2) is 54.6 Å². The van der Waals surface area contributed by atoms with Crippen LogP contribution in [0.4, 0.5) is 17.3 Å². The molecule has 128 valence electrons. The monoisotopic (exact) mass is 352 g/mol. The van der Waals surface area contributed by atoms with Crippen LogP contribution in [-0.4, -0.2) is 16.5 Å². The predicted molar refractivity (Wildman–Crippen MR) is 105 cm³/mol. The van der Waals surface area contributed by atoms with E-state index in [0.717, 1.165) is 41.1 Å². The fourth-order valence-electron chi connectivity index (χ4n) is 2.53. The van der Waals surface area contributed by atoms with Crippen molar-refractivity contribution < 1.29 is 0 Å². The SMILES string of the molecule is Cc1ccc(Nc2cc(NCCc3cccc(Cl)c3)nc(C)n2)cc1. The van der Waals surface area contributed by atoms with Crippen LogP contribution in [0, 0.1) is 13.8 Å². The summed E-state index contributed by atoms with van der Waals surface area (Å²) in [6.45, 7) is 4.74. The fraction of sp³-hybridized carbons (Fsp3) is 0.200. The third-order valence-electron chi connectivity index (χ3n) is 3.77. The predicted octanol–water partition coefficient (Wildman–Crippen LogP) is 5.15. The zero-order valence-corrected chi connectivity index (χ0v) is 15.1. The molecular formula is C20H21ClN4. The van der Waals surface area contributed by atoms with Gasteiger partial charge < -0.3 is 10.6 Å². The second-order valence-corrected chi connectivity index (χ2v) is 6.42. The third-order valence-corrected chi connectivity index (χ3v) is 4.01. The molecule has 2 N–H and O–H groups in total. The minimum Gasteiger partial charge on any atom is -0.370 e. The first-order valence-electron chi connectivity index (χ1n) is 8.26. The smallest absolute Gasteiger partial charge is 0.136 e. The van der Waals surface area contributed by atoms with Gasteiger partial charge in [-0.2, -0.15) is 0 Å². The van der Waals surface area contributed by atoms with Crippen molar-refractivity contribution in [3.8, 4) is 0 Å². The minimum atomic E-state index is 0.724. The summed E-state index contributed by atoms with van der Waals surface area (Å²) in [4.78, 5) is 8.90. The van der Waals surface area contributed by atoms with Crippen molar-refractivity contribution in [2.24, 2.45) is 0 Å². The highest BCUT2D eigenvalue weighted by Gasteiger charge is 2.03. The van der Waals surface area contributed by atoms with Crippen molar-refractivity contribution in [1.29, 1.82) is 0 Å². The highest BCUT2D eigenvalue weighted by molar-refractivity contribution is 6.30. The summed E-state index contributed by atoms with van der Waals surface area (Å²) in [6.07, 6.45) is 0.879. The number of nitrogens with one attached hydrogen (secondary N) is 2. The van der Waals surface area contributed by atoms with Gasteiger partial charge in [0.2, 0.25) is 0 Å². The number of anilines is 3. The molecule has 0 aliphatic carbocycles. The Bertz CT molecular complexity index is 847. The topological polar surface area (TPSA) is 49.8 Å². The van der Waals surface area contributed by atoms with E-state index in [1.54, 1.807) is 0 Å². The van der Waals surface area contributed by atoms with E-state index in [-0.39, 0.29) is 0 Å². The summed E-state index contributed by atoms with van der Waals surface area (Å²) < 4.78 is 0. The van der Waals surface area contributed by atoms with Gasteiger partial charge in [-0.05, 0) is 50.1 Å². The highest BCUT2D eigenvalue weighted by Crippen LogP contribution is 2.18. The average Bonchev–Trinajstić information content (AvgIpc) is 2.57. The van der Waals surface area contributed by atoms with Crippen LogP contribution < -0.4 is 10.6 Å². The molecule has 2 aromatic carbocycles. The number of rotatable bonds is 6. The van der Waals surface area contributed by atoms with E-state index < -0.39 is 0 Å². The minimum absolute atomic E-state index is 0.724. The summed E-state index contributed by atoms with van der Waals surface area (Å²) in [5, 5.41) is 7.44. The molecule has 1 aromatic heterocycles. The quantitative estimate of drug-likeness (QED) is 0.644. The van der Waals surface area contributed by atoms with Crippen LogP contribution in [-0.2, 0) is 6.42 Å². The van der Waals surface area contributed by atoms with Gasteiger partial charge in [0.05, 0.1) is 0 Å². The Kier molecular flexibility index (Phi) is 5.51. The second-order valence-electron chi connectivity index (χ2n) is 5.98. The van der Waals surface area contributed by atoms with E-state index >= 15 is 0 Å². The van der Waals surface area contributed by atoms with E-state index in [4.69, 9.17) is 11.6 Å². The van der Waals surface area contributed by atoms with Gasteiger partial charge in [-0.1, -0.05) is 41.4 Å². The summed E-state index contributed by atoms with van der Waals surface area (Å²) in [6, 6.07) is 18.1. The molecule has 0 saturated heterocycles. The van der Waals surface area contributed by atoms with Gasteiger partial charge >= 0.3 is 0 Å². The summed E-state index contributed by atoms with van der Waals surface area (Å²) in [7, 11) is 0. The van der Waals surface area contributed by atoms with E-state index in [1.807, 2.05) is 43.3 Å². The van der Waals surface area contributed by atoms with Crippen molar-refractivity contribution >= 4 is 28.9 Å². The van der Waals surface area contributed by atoms with Crippen molar-refractivity contribution in [1.82, 2.24) is 9.97 Å². The van der Waals surface area contributed by atoms with Gasteiger partial charge in [-0.15, -0.1) is 0 Å². The third kappa shape index (κ3) is 5.19. The van der Waals surface area contributed by atoms with Crippen molar-refractivity contribution in [2.45, 2.75) is 20.3 Å². The molecule has 0 bridgehead atoms. The Hall–Kier alpha value is -2.59. The molecule has 0 radical (unpaired) electrons. The van der Waals surface area contributed by atoms with Gasteiger partial charge in [0.25, 0.3) is 0 Å². The molecule has 1 heterocycles. The van der Waals surface area contributed by atoms with E-state index in [0.29, 0.717) is 0 Å². The lowest BCUT2D eigenvalue weighted by Crippen LogP contribution is -2.08. The Morgan fingerprint density at radius 1 is 0.920 bits per heavy atom. The Morgan fingerprint density at radius 2 is 1.68 bits per heavy atom. The van der Waals surface area contributed by atoms with Gasteiger partial charge in [0.15, 0.2) is 0 Å². The normalized spacial score (nSPS) is 10.5. The van der Waals surface area contributed by atoms with Gasteiger partial charge in [-0.25, -0.2) is 9.97 Å². The number of halogens is 1. The van der Waals surface area contributed by atoms with Gasteiger partial charge in [-0.3, -0.25) is 0 Å². The molecule has 0 spiro atoms. The van der Waals surface area contributed by atoms with E-state index in [2.05, 4.69) is 45.7 Å². The Balaban J connectivity index is 1.63. The van der Waals surface area contributed by atoms with Crippen molar-refractivity contribution in [3.63, 3.8) is 0 Å². The molecule has 25 heavy (non-hydrogen) atoms. The maximum atomic E-state index is 6.02. The standard InChI is InChI=1S/C20H21ClN4/c1-14-6-8-18(9-7-14)25-20-13-19(23-15(2)24-20)22-11-10-16-4-3-5-17(21)12-16/h3-9,12-13H,10-11H2,1-2H3,(H2,22,23,24,25). The summed E-state index contributed by atoms with van der Waals surface area (Å²) in [5.74, 6) is 2.31. The van der Waals surface area contributed by atoms with Gasteiger partial charge in [0.1, 0.15) is 17.5 Å². The zero-order valence-electron chi connectivity index (χ0n) is 14.4. The first-order chi connectivity index (χ1) is 12.1. The van der Waals surface area contributed by atoms with Crippen LogP contribution in [0.25, 0.3) is 0 Å². The van der Waals surface area contributed by atoms with Gasteiger partial charge in [0, 0.05) is 23.3 Å². The van der Waals surface area contributed by atoms with E-state index in [9.17, 15) is 0 Å². The number of aromatic nitrogens is 2. The first kappa shape index (κ1) is 17.2. The number of hydrogen-bond acceptors (Lipinski definition) is 4. The lowest BCUT2D eigenvalue weighted by atomic mass is 10.1. The molecule has 0 aliphatic rings. The molecule has 0 amide bonds. The molecule has 0 fully saturated rings. The number of benzene rings is 2. The Morgan fingerprint density at radius 3 is 2.44 bits per heavy atom. The lowest BCUT2D eigenvalue weighted by molar-refractivity contribution is 0.983. The van der Waals surface area contributed by atoms with Crippen LogP contribution in [0.2, 0.25) is 5.02 Å². The first-order valence-corrected chi connectivity index (χ1v) is 8.64. The lowest BCUT2D eigenvalue weighted by Gasteiger charge is -2.10. The molecule has 0 unspecified atom stereocenters. The maximum absolute atomic E-state index is 6.02. The van der Waals surface area contributed by atoms with Crippen LogP contribution in [0.1, 0.15) is 17.0 Å². The number of hydrogen-bond donors (Lipinski definition) is 2. The molecule has 0 saturated carbocycles. The summed E-state index contributed by atoms with van der Waals surface area (Å²) in [5.41, 5.74) is 3.44. The molecule has 3 rings (SSSR count). The average molecular weight is 353 g/mol. The van der Waals surface area contributed by atoms with Crippen LogP contribution in [0.5, 0.6) is 0 Å². The maximum Gasteiger partial charge on any atom is 0.136 e. The molecule has 5 heteroatoms. The second kappa shape index (κ2) is 7.99. The highest BCUT2D eigenvalue weighted by atomic mass is 35.5. The summed E-state index contributed by atoms with van der Waals surface area (Å²) >= 11 is 6.02. The zero-order chi connectivity index (χ0) is 17.6. The largest absolute Gasteiger partial charge is 0.370 e. The fourth-order valence-corrected chi connectivity index (χ4v) is 2.75. The number of aryl methyl sites for hydroxylation is 2. The van der Waals surface area contributed by atoms with Crippen LogP contribution in [0.3, 0.4) is 0 Å². The number of nitrogens with zero attached hydrogens (tertiary/aromatic N) is 2. The molecular weight excluding hydrogens is 332 g/mol. The van der Waals surface area contributed by atoms with Crippen molar-refractivity contribution in [3.05, 3.63) is 76.6 Å². The Labute approximate surface area is 153 Å². The molecule has 4 nitrogen and oxygen atoms in total. The molecule has 3 aromatic rings. The van der Waals surface area contributed by atoms with E-state index in [1.165, 1.54) is 11.1 Å². The molecule has 0 atom stereocenters. The van der Waals surface area contributed by atoms with Crippen LogP contribution >= 0.6 is 11.6 Å². The van der Waals surface area contributed by atoms with Crippen molar-refractivity contribution in [2.75, 3.05) is 17.2 Å². The molecule has 0 aliphatic heterocycles.